The molecular formula is C31H33BrN2O5Si. The number of methoxy groups -OCH3 is 1. The number of hydrogen-bond acceptors (Lipinski definition) is 6. The summed E-state index contributed by atoms with van der Waals surface area (Å²) in [5, 5.41) is 12.1. The molecule has 4 rings (SSSR count). The summed E-state index contributed by atoms with van der Waals surface area (Å²) in [4.78, 5) is 29.5. The minimum absolute atomic E-state index is 0.000756. The summed E-state index contributed by atoms with van der Waals surface area (Å²) >= 11 is 3.53. The van der Waals surface area contributed by atoms with Crippen LogP contribution in [0.5, 0.6) is 11.6 Å². The average molecular weight is 622 g/mol. The number of carbonyl (C=O) groups is 2. The van der Waals surface area contributed by atoms with Crippen LogP contribution in [-0.4, -0.2) is 42.7 Å². The summed E-state index contributed by atoms with van der Waals surface area (Å²) in [7, 11) is -0.808. The van der Waals surface area contributed by atoms with Gasteiger partial charge in [-0.2, -0.15) is 0 Å². The van der Waals surface area contributed by atoms with E-state index >= 15 is 0 Å². The number of hydrogen-bond donors (Lipinski definition) is 1. The van der Waals surface area contributed by atoms with Crippen LogP contribution >= 0.6 is 15.9 Å². The van der Waals surface area contributed by atoms with Gasteiger partial charge < -0.3 is 14.3 Å². The number of aliphatic imine (C=N–C) groups is 1. The molecule has 0 saturated heterocycles. The predicted octanol–water partition coefficient (Wildman–Crippen LogP) is 8.11. The SMILES string of the molecule is COC(=O)c1ccc(N=C(c2cccc(O[Si](C)(C)C(C)(C)C)c2)c2c(O)n(C(C)=O)c3ccc(Br)cc23)cc1. The van der Waals surface area contributed by atoms with Crippen molar-refractivity contribution in [1.29, 1.82) is 0 Å². The first-order valence-electron chi connectivity index (χ1n) is 12.8. The van der Waals surface area contributed by atoms with E-state index in [0.717, 1.165) is 4.47 Å². The minimum atomic E-state index is -2.14. The van der Waals surface area contributed by atoms with Gasteiger partial charge in [-0.25, -0.2) is 9.79 Å². The zero-order valence-corrected chi connectivity index (χ0v) is 26.3. The first-order valence-corrected chi connectivity index (χ1v) is 16.5. The highest BCUT2D eigenvalue weighted by molar-refractivity contribution is 9.10. The third-order valence-electron chi connectivity index (χ3n) is 7.27. The van der Waals surface area contributed by atoms with E-state index in [0.29, 0.717) is 44.7 Å². The molecule has 0 aliphatic rings. The van der Waals surface area contributed by atoms with Gasteiger partial charge in [0.15, 0.2) is 0 Å². The molecule has 0 unspecified atom stereocenters. The van der Waals surface area contributed by atoms with Crippen LogP contribution in [0.1, 0.15) is 54.0 Å². The third-order valence-corrected chi connectivity index (χ3v) is 12.1. The van der Waals surface area contributed by atoms with Gasteiger partial charge in [0.25, 0.3) is 0 Å². The highest BCUT2D eigenvalue weighted by atomic mass is 79.9. The number of halogens is 1. The van der Waals surface area contributed by atoms with Crippen molar-refractivity contribution in [1.82, 2.24) is 4.57 Å². The van der Waals surface area contributed by atoms with Crippen molar-refractivity contribution in [2.75, 3.05) is 7.11 Å². The molecule has 0 amide bonds. The van der Waals surface area contributed by atoms with Gasteiger partial charge in [-0.3, -0.25) is 9.36 Å². The molecule has 0 fully saturated rings. The van der Waals surface area contributed by atoms with Gasteiger partial charge in [-0.05, 0) is 72.7 Å². The third kappa shape index (κ3) is 5.76. The standard InChI is InChI=1S/C31H33BrN2O5Si/c1-19(35)34-26-16-13-22(32)18-25(26)27(29(34)36)28(33-23-14-11-20(12-15-23)30(37)38-5)21-9-8-10-24(17-21)39-40(6,7)31(2,3)4/h8-18,36H,1-7H3. The Bertz CT molecular complexity index is 1630. The van der Waals surface area contributed by atoms with Crippen LogP contribution in [0, 0.1) is 0 Å². The fourth-order valence-corrected chi connectivity index (χ4v) is 5.52. The Morgan fingerprint density at radius 2 is 1.65 bits per heavy atom. The van der Waals surface area contributed by atoms with E-state index < -0.39 is 14.3 Å². The average Bonchev–Trinajstić information content (AvgIpc) is 3.17. The monoisotopic (exact) mass is 620 g/mol. The fourth-order valence-electron chi connectivity index (χ4n) is 4.14. The van der Waals surface area contributed by atoms with Crippen molar-refractivity contribution in [3.8, 4) is 11.6 Å². The molecule has 1 aromatic heterocycles. The van der Waals surface area contributed by atoms with E-state index in [-0.39, 0.29) is 16.8 Å². The van der Waals surface area contributed by atoms with Crippen LogP contribution in [0.2, 0.25) is 18.1 Å². The lowest BCUT2D eigenvalue weighted by molar-refractivity contribution is 0.0600. The highest BCUT2D eigenvalue weighted by Crippen LogP contribution is 2.39. The lowest BCUT2D eigenvalue weighted by Crippen LogP contribution is -2.43. The van der Waals surface area contributed by atoms with Gasteiger partial charge in [0, 0.05) is 22.3 Å². The van der Waals surface area contributed by atoms with Crippen LogP contribution in [-0.2, 0) is 4.74 Å². The van der Waals surface area contributed by atoms with Gasteiger partial charge in [-0.1, -0.05) is 48.8 Å². The van der Waals surface area contributed by atoms with E-state index in [1.54, 1.807) is 30.3 Å². The second-order valence-electron chi connectivity index (χ2n) is 11.1. The second-order valence-corrected chi connectivity index (χ2v) is 16.7. The molecule has 3 aromatic carbocycles. The topological polar surface area (TPSA) is 90.1 Å². The quantitative estimate of drug-likeness (QED) is 0.134. The highest BCUT2D eigenvalue weighted by Gasteiger charge is 2.39. The lowest BCUT2D eigenvalue weighted by atomic mass is 10.0. The van der Waals surface area contributed by atoms with Crippen molar-refractivity contribution in [2.24, 2.45) is 4.99 Å². The van der Waals surface area contributed by atoms with Gasteiger partial charge in [0.1, 0.15) is 5.75 Å². The first kappa shape index (κ1) is 29.3. The zero-order valence-electron chi connectivity index (χ0n) is 23.7. The molecule has 9 heteroatoms. The smallest absolute Gasteiger partial charge is 0.337 e. The van der Waals surface area contributed by atoms with Gasteiger partial charge in [-0.15, -0.1) is 0 Å². The minimum Gasteiger partial charge on any atom is -0.543 e. The maximum atomic E-state index is 12.6. The molecule has 0 saturated carbocycles. The number of rotatable bonds is 6. The summed E-state index contributed by atoms with van der Waals surface area (Å²) in [6, 6.07) is 19.8. The summed E-state index contributed by atoms with van der Waals surface area (Å²) in [5.41, 5.74) is 3.07. The number of nitrogens with zero attached hydrogens (tertiary/aromatic N) is 2. The summed E-state index contributed by atoms with van der Waals surface area (Å²) in [5.74, 6) is -0.277. The Morgan fingerprint density at radius 3 is 2.25 bits per heavy atom. The number of esters is 1. The Kier molecular flexibility index (Phi) is 8.10. The molecule has 0 aliphatic carbocycles. The number of carbonyl (C=O) groups excluding carboxylic acids is 2. The molecule has 0 radical (unpaired) electrons. The molecule has 4 aromatic rings. The Morgan fingerprint density at radius 1 is 0.975 bits per heavy atom. The first-order chi connectivity index (χ1) is 18.7. The number of ether oxygens (including phenoxy) is 1. The van der Waals surface area contributed by atoms with Crippen molar-refractivity contribution in [2.45, 2.75) is 45.8 Å². The molecule has 0 atom stereocenters. The van der Waals surface area contributed by atoms with Crippen molar-refractivity contribution < 1.29 is 23.9 Å². The maximum Gasteiger partial charge on any atom is 0.337 e. The predicted molar refractivity (Wildman–Crippen MR) is 165 cm³/mol. The van der Waals surface area contributed by atoms with Gasteiger partial charge in [0.05, 0.1) is 35.2 Å². The van der Waals surface area contributed by atoms with Crippen LogP contribution in [0.4, 0.5) is 5.69 Å². The van der Waals surface area contributed by atoms with Crippen molar-refractivity contribution in [3.63, 3.8) is 0 Å². The summed E-state index contributed by atoms with van der Waals surface area (Å²) in [6.07, 6.45) is 0. The number of benzene rings is 3. The van der Waals surface area contributed by atoms with E-state index in [2.05, 4.69) is 49.8 Å². The Labute approximate surface area is 243 Å². The van der Waals surface area contributed by atoms with Crippen LogP contribution in [0.25, 0.3) is 10.9 Å². The molecule has 0 aliphatic heterocycles. The van der Waals surface area contributed by atoms with Gasteiger partial charge in [0.2, 0.25) is 20.1 Å². The van der Waals surface area contributed by atoms with Crippen LogP contribution < -0.4 is 4.43 Å². The molecule has 7 nitrogen and oxygen atoms in total. The fraction of sp³-hybridized carbons (Fsp3) is 0.258. The molecular weight excluding hydrogens is 588 g/mol. The largest absolute Gasteiger partial charge is 0.543 e. The number of aromatic nitrogens is 1. The van der Waals surface area contributed by atoms with Crippen molar-refractivity contribution >= 4 is 58.4 Å². The Balaban J connectivity index is 1.97. The molecule has 40 heavy (non-hydrogen) atoms. The summed E-state index contributed by atoms with van der Waals surface area (Å²) in [6.45, 7) is 12.3. The van der Waals surface area contributed by atoms with E-state index in [1.807, 2.05) is 36.4 Å². The normalized spacial score (nSPS) is 12.4. The zero-order chi connectivity index (χ0) is 29.4. The molecule has 0 spiro atoms. The molecule has 1 N–H and O–H groups in total. The van der Waals surface area contributed by atoms with Gasteiger partial charge >= 0.3 is 5.97 Å². The van der Waals surface area contributed by atoms with Crippen molar-refractivity contribution in [3.05, 3.63) is 87.9 Å². The summed E-state index contributed by atoms with van der Waals surface area (Å²) < 4.78 is 13.5. The molecule has 208 valence electrons. The lowest BCUT2D eigenvalue weighted by Gasteiger charge is -2.36. The molecule has 0 bridgehead atoms. The van der Waals surface area contributed by atoms with Crippen LogP contribution in [0.3, 0.4) is 0 Å². The Hall–Kier alpha value is -3.69. The number of fused-ring (bicyclic) bond motifs is 1. The second kappa shape index (κ2) is 11.1. The van der Waals surface area contributed by atoms with E-state index in [9.17, 15) is 14.7 Å². The van der Waals surface area contributed by atoms with Crippen LogP contribution in [0.15, 0.2) is 76.2 Å². The maximum absolute atomic E-state index is 12.6. The van der Waals surface area contributed by atoms with E-state index in [1.165, 1.54) is 18.6 Å². The number of aromatic hydroxyl groups is 1. The van der Waals surface area contributed by atoms with E-state index in [4.69, 9.17) is 14.2 Å². The molecule has 1 heterocycles.